The molecule has 0 spiro atoms. The van der Waals surface area contributed by atoms with Crippen molar-refractivity contribution in [2.75, 3.05) is 32.4 Å². The van der Waals surface area contributed by atoms with Gasteiger partial charge in [0.1, 0.15) is 12.1 Å². The van der Waals surface area contributed by atoms with Crippen molar-refractivity contribution in [1.29, 1.82) is 0 Å². The zero-order valence-electron chi connectivity index (χ0n) is 23.8. The third kappa shape index (κ3) is 9.02. The Hall–Kier alpha value is -2.99. The molecule has 2 aliphatic heterocycles. The average Bonchev–Trinajstić information content (AvgIpc) is 3.42. The van der Waals surface area contributed by atoms with Crippen LogP contribution in [0.3, 0.4) is 0 Å². The molecule has 1 aromatic carbocycles. The molecule has 2 fully saturated rings. The molecular formula is C28H44N6O5S. The largest absolute Gasteiger partial charge is 0.369 e. The molecule has 0 aliphatic carbocycles. The number of hydrogen-bond donors (Lipinski definition) is 3. The van der Waals surface area contributed by atoms with Crippen LogP contribution in [-0.4, -0.2) is 86.4 Å². The van der Waals surface area contributed by atoms with Gasteiger partial charge in [-0.15, -0.1) is 0 Å². The third-order valence-electron chi connectivity index (χ3n) is 7.84. The first-order valence-corrected chi connectivity index (χ1v) is 16.1. The van der Waals surface area contributed by atoms with Crippen molar-refractivity contribution >= 4 is 33.7 Å². The summed E-state index contributed by atoms with van der Waals surface area (Å²) in [5.41, 5.74) is 6.93. The molecule has 4 N–H and O–H groups in total. The molecule has 0 saturated carbocycles. The molecule has 0 bridgehead atoms. The average molecular weight is 577 g/mol. The predicted octanol–water partition coefficient (Wildman–Crippen LogP) is 1.24. The van der Waals surface area contributed by atoms with E-state index in [1.54, 1.807) is 0 Å². The topological polar surface area (TPSA) is 154 Å². The van der Waals surface area contributed by atoms with Gasteiger partial charge in [0.2, 0.25) is 21.8 Å². The number of piperidine rings is 1. The van der Waals surface area contributed by atoms with Crippen LogP contribution in [0.5, 0.6) is 0 Å². The smallest absolute Gasteiger partial charge is 0.251 e. The second-order valence-electron chi connectivity index (χ2n) is 10.8. The van der Waals surface area contributed by atoms with Gasteiger partial charge in [-0.3, -0.25) is 14.4 Å². The normalized spacial score (nSPS) is 19.6. The van der Waals surface area contributed by atoms with Gasteiger partial charge in [-0.25, -0.2) is 13.1 Å². The summed E-state index contributed by atoms with van der Waals surface area (Å²) in [5, 5.41) is 3.02. The van der Waals surface area contributed by atoms with Gasteiger partial charge in [0.25, 0.3) is 5.91 Å². The van der Waals surface area contributed by atoms with E-state index in [0.29, 0.717) is 39.0 Å². The van der Waals surface area contributed by atoms with Gasteiger partial charge < -0.3 is 20.9 Å². The Morgan fingerprint density at radius 1 is 1.05 bits per heavy atom. The maximum absolute atomic E-state index is 13.5. The number of nitrogens with two attached hydrogens (primary N) is 1. The molecule has 0 unspecified atom stereocenters. The van der Waals surface area contributed by atoms with Crippen molar-refractivity contribution in [2.24, 2.45) is 22.6 Å². The molecule has 0 radical (unpaired) electrons. The fourth-order valence-electron chi connectivity index (χ4n) is 5.43. The lowest BCUT2D eigenvalue weighted by Gasteiger charge is -2.33. The number of carbonyl (C=O) groups excluding carboxylic acids is 3. The van der Waals surface area contributed by atoms with Crippen LogP contribution < -0.4 is 15.8 Å². The standard InChI is InChI=1S/C28H44N6O5S/c1-4-22(5-2)25(35)31-28(29)33-16-13-21(14-17-33)19-30-26(36)24-12-9-15-34(24)27(37)23(32-40(3,38)39)18-20-10-7-6-8-11-20/h6-8,10-11,21-24,32H,4-5,9,12-19H2,1-3H3,(H,30,36)(H2,29,31,35)/t23-,24+/m1/s1. The van der Waals surface area contributed by atoms with Crippen LogP contribution >= 0.6 is 0 Å². The van der Waals surface area contributed by atoms with Gasteiger partial charge in [0.05, 0.1) is 6.26 Å². The summed E-state index contributed by atoms with van der Waals surface area (Å²) in [6.45, 7) is 6.11. The van der Waals surface area contributed by atoms with Gasteiger partial charge in [-0.1, -0.05) is 44.2 Å². The molecule has 222 valence electrons. The fourth-order valence-corrected chi connectivity index (χ4v) is 6.13. The molecule has 40 heavy (non-hydrogen) atoms. The highest BCUT2D eigenvalue weighted by Crippen LogP contribution is 2.21. The predicted molar refractivity (Wildman–Crippen MR) is 155 cm³/mol. The van der Waals surface area contributed by atoms with Crippen molar-refractivity contribution in [3.05, 3.63) is 35.9 Å². The molecule has 0 aromatic heterocycles. The van der Waals surface area contributed by atoms with E-state index in [0.717, 1.165) is 37.5 Å². The third-order valence-corrected chi connectivity index (χ3v) is 8.55. The quantitative estimate of drug-likeness (QED) is 0.265. The lowest BCUT2D eigenvalue weighted by Crippen LogP contribution is -2.54. The summed E-state index contributed by atoms with van der Waals surface area (Å²) in [7, 11) is -3.64. The zero-order valence-corrected chi connectivity index (χ0v) is 24.7. The van der Waals surface area contributed by atoms with E-state index < -0.39 is 28.0 Å². The minimum absolute atomic E-state index is 0.107. The molecule has 12 heteroatoms. The fraction of sp³-hybridized carbons (Fsp3) is 0.643. The van der Waals surface area contributed by atoms with E-state index in [2.05, 4.69) is 15.0 Å². The van der Waals surface area contributed by atoms with Gasteiger partial charge in [0.15, 0.2) is 5.96 Å². The summed E-state index contributed by atoms with van der Waals surface area (Å²) in [4.78, 5) is 46.5. The Kier molecular flexibility index (Phi) is 11.5. The van der Waals surface area contributed by atoms with Crippen LogP contribution in [0.1, 0.15) is 57.9 Å². The molecular weight excluding hydrogens is 532 g/mol. The first-order chi connectivity index (χ1) is 19.0. The van der Waals surface area contributed by atoms with Gasteiger partial charge in [-0.2, -0.15) is 4.99 Å². The summed E-state index contributed by atoms with van der Waals surface area (Å²) in [6.07, 6.45) is 5.49. The molecule has 11 nitrogen and oxygen atoms in total. The van der Waals surface area contributed by atoms with E-state index in [1.807, 2.05) is 49.1 Å². The minimum atomic E-state index is -3.64. The highest BCUT2D eigenvalue weighted by Gasteiger charge is 2.38. The van der Waals surface area contributed by atoms with E-state index >= 15 is 0 Å². The molecule has 2 saturated heterocycles. The van der Waals surface area contributed by atoms with E-state index in [-0.39, 0.29) is 36.0 Å². The van der Waals surface area contributed by atoms with Crippen LogP contribution in [0.2, 0.25) is 0 Å². The van der Waals surface area contributed by atoms with Gasteiger partial charge in [-0.05, 0) is 56.4 Å². The van der Waals surface area contributed by atoms with Crippen LogP contribution in [0.25, 0.3) is 0 Å². The minimum Gasteiger partial charge on any atom is -0.369 e. The molecule has 2 aliphatic rings. The van der Waals surface area contributed by atoms with Crippen molar-refractivity contribution in [3.8, 4) is 0 Å². The summed E-state index contributed by atoms with van der Waals surface area (Å²) in [6, 6.07) is 7.59. The number of sulfonamides is 1. The number of rotatable bonds is 11. The van der Waals surface area contributed by atoms with Crippen molar-refractivity contribution < 1.29 is 22.8 Å². The number of benzene rings is 1. The van der Waals surface area contributed by atoms with Crippen LogP contribution in [0.4, 0.5) is 0 Å². The van der Waals surface area contributed by atoms with Crippen molar-refractivity contribution in [1.82, 2.24) is 19.8 Å². The van der Waals surface area contributed by atoms with E-state index in [9.17, 15) is 22.8 Å². The number of hydrogen-bond acceptors (Lipinski definition) is 5. The summed E-state index contributed by atoms with van der Waals surface area (Å²) < 4.78 is 26.5. The van der Waals surface area contributed by atoms with Crippen LogP contribution in [0.15, 0.2) is 35.3 Å². The molecule has 2 heterocycles. The second-order valence-corrected chi connectivity index (χ2v) is 12.6. The monoisotopic (exact) mass is 576 g/mol. The van der Waals surface area contributed by atoms with Gasteiger partial charge >= 0.3 is 0 Å². The molecule has 2 atom stereocenters. The summed E-state index contributed by atoms with van der Waals surface area (Å²) >= 11 is 0. The Morgan fingerprint density at radius 3 is 2.30 bits per heavy atom. The highest BCUT2D eigenvalue weighted by molar-refractivity contribution is 7.88. The number of nitrogens with one attached hydrogen (secondary N) is 2. The van der Waals surface area contributed by atoms with Crippen molar-refractivity contribution in [2.45, 2.75) is 70.9 Å². The van der Waals surface area contributed by atoms with Crippen molar-refractivity contribution in [3.63, 3.8) is 0 Å². The Bertz CT molecular complexity index is 1150. The van der Waals surface area contributed by atoms with E-state index in [1.165, 1.54) is 4.90 Å². The maximum atomic E-state index is 13.5. The number of nitrogens with zero attached hydrogens (tertiary/aromatic N) is 3. The lowest BCUT2D eigenvalue weighted by atomic mass is 9.96. The number of amides is 3. The van der Waals surface area contributed by atoms with E-state index in [4.69, 9.17) is 5.73 Å². The SMILES string of the molecule is CCC(CC)C(=O)N=C(N)N1CCC(CNC(=O)[C@@H]2CCCN2C(=O)[C@@H](Cc2ccccc2)NS(C)(=O)=O)CC1. The molecule has 3 amide bonds. The highest BCUT2D eigenvalue weighted by atomic mass is 32.2. The Labute approximate surface area is 238 Å². The first kappa shape index (κ1) is 31.5. The van der Waals surface area contributed by atoms with Gasteiger partial charge in [0, 0.05) is 32.1 Å². The zero-order chi connectivity index (χ0) is 29.3. The maximum Gasteiger partial charge on any atom is 0.251 e. The number of aliphatic imine (C=N–C) groups is 1. The Morgan fingerprint density at radius 2 is 1.70 bits per heavy atom. The molecule has 3 rings (SSSR count). The van der Waals surface area contributed by atoms with Crippen LogP contribution in [-0.2, 0) is 30.8 Å². The van der Waals surface area contributed by atoms with Crippen LogP contribution in [0, 0.1) is 11.8 Å². The number of carbonyl (C=O) groups is 3. The first-order valence-electron chi connectivity index (χ1n) is 14.2. The summed E-state index contributed by atoms with van der Waals surface area (Å²) in [5.74, 6) is -0.395. The lowest BCUT2D eigenvalue weighted by molar-refractivity contribution is -0.139. The number of guanidine groups is 1. The number of likely N-dealkylation sites (tertiary alicyclic amines) is 2. The second kappa shape index (κ2) is 14.6. The Balaban J connectivity index is 1.54. The molecule has 1 aromatic rings.